The van der Waals surface area contributed by atoms with E-state index in [2.05, 4.69) is 35.3 Å². The molecule has 2 aromatic rings. The molecule has 1 aromatic carbocycles. The fourth-order valence-electron chi connectivity index (χ4n) is 6.24. The van der Waals surface area contributed by atoms with Gasteiger partial charge in [-0.2, -0.15) is 4.73 Å². The summed E-state index contributed by atoms with van der Waals surface area (Å²) in [6.07, 6.45) is -0.706. The maximum Gasteiger partial charge on any atom is 0.573 e. The first-order chi connectivity index (χ1) is 18.3. The minimum atomic E-state index is -4.70. The minimum absolute atomic E-state index is 0.0331. The first-order valence-electron chi connectivity index (χ1n) is 13.7. The van der Waals surface area contributed by atoms with Gasteiger partial charge in [-0.1, -0.05) is 19.1 Å². The van der Waals surface area contributed by atoms with Gasteiger partial charge in [0, 0.05) is 63.3 Å². The fraction of sp³-hybridized carbons (Fsp3) is 0.586. The Balaban J connectivity index is 1.38. The van der Waals surface area contributed by atoms with Crippen LogP contribution in [0.3, 0.4) is 0 Å². The lowest BCUT2D eigenvalue weighted by Gasteiger charge is -2.52. The van der Waals surface area contributed by atoms with Crippen molar-refractivity contribution in [3.05, 3.63) is 64.1 Å². The van der Waals surface area contributed by atoms with Crippen molar-refractivity contribution in [2.75, 3.05) is 32.7 Å². The Hall–Kier alpha value is -2.85. The second kappa shape index (κ2) is 11.3. The number of alkyl halides is 3. The van der Waals surface area contributed by atoms with Gasteiger partial charge < -0.3 is 14.8 Å². The molecular weight excluding hydrogens is 509 g/mol. The fourth-order valence-corrected chi connectivity index (χ4v) is 6.24. The highest BCUT2D eigenvalue weighted by Crippen LogP contribution is 2.35. The number of carbonyl (C=O) groups excluding carboxylic acids is 1. The summed E-state index contributed by atoms with van der Waals surface area (Å²) in [5, 5.41) is 12.1. The number of aromatic nitrogens is 1. The van der Waals surface area contributed by atoms with E-state index in [0.29, 0.717) is 24.3 Å². The number of benzene rings is 1. The standard InChI is InChI=1S/C29H39F3N4O3/c1-6-25(23-7-9-24(10-8-23)39-29(30,31)32)35-18-17-34(19-21(35)3)28(5)12-15-33(16-13-28)27(37)26-20(2)11-14-36(38)22(26)4/h7-11,14,21,25H,6,12-13,15-19H2,1-5H3/t21-,25-/m0/s1. The molecule has 39 heavy (non-hydrogen) atoms. The summed E-state index contributed by atoms with van der Waals surface area (Å²) in [7, 11) is 0. The van der Waals surface area contributed by atoms with Gasteiger partial charge in [0.2, 0.25) is 5.69 Å². The normalized spacial score (nSPS) is 21.5. The molecule has 0 aliphatic carbocycles. The molecule has 0 unspecified atom stereocenters. The number of nitrogens with zero attached hydrogens (tertiary/aromatic N) is 4. The maximum absolute atomic E-state index is 13.3. The average molecular weight is 549 g/mol. The van der Waals surface area contributed by atoms with E-state index in [0.717, 1.165) is 54.8 Å². The highest BCUT2D eigenvalue weighted by atomic mass is 19.4. The first-order valence-corrected chi connectivity index (χ1v) is 13.7. The number of aryl methyl sites for hydroxylation is 1. The van der Waals surface area contributed by atoms with Gasteiger partial charge in [0.25, 0.3) is 5.91 Å². The molecule has 3 heterocycles. The van der Waals surface area contributed by atoms with Crippen LogP contribution in [-0.4, -0.2) is 71.3 Å². The minimum Gasteiger partial charge on any atom is -0.618 e. The molecule has 7 nitrogen and oxygen atoms in total. The smallest absolute Gasteiger partial charge is 0.573 e. The highest BCUT2D eigenvalue weighted by molar-refractivity contribution is 5.96. The number of carbonyl (C=O) groups is 1. The zero-order chi connectivity index (χ0) is 28.5. The largest absolute Gasteiger partial charge is 0.618 e. The van der Waals surface area contributed by atoms with Crippen molar-refractivity contribution in [3.8, 4) is 5.75 Å². The molecule has 10 heteroatoms. The van der Waals surface area contributed by atoms with Crippen molar-refractivity contribution in [1.29, 1.82) is 0 Å². The molecule has 0 spiro atoms. The van der Waals surface area contributed by atoms with Crippen molar-refractivity contribution in [2.24, 2.45) is 0 Å². The van der Waals surface area contributed by atoms with E-state index in [4.69, 9.17) is 0 Å². The van der Waals surface area contributed by atoms with E-state index in [1.807, 2.05) is 11.8 Å². The lowest BCUT2D eigenvalue weighted by atomic mass is 9.85. The molecule has 0 bridgehead atoms. The molecule has 2 saturated heterocycles. The number of amides is 1. The number of pyridine rings is 1. The van der Waals surface area contributed by atoms with Gasteiger partial charge in [0.05, 0.1) is 0 Å². The molecule has 2 aliphatic rings. The average Bonchev–Trinajstić information content (AvgIpc) is 2.88. The second-order valence-corrected chi connectivity index (χ2v) is 11.1. The van der Waals surface area contributed by atoms with Gasteiger partial charge >= 0.3 is 6.36 Å². The van der Waals surface area contributed by atoms with Crippen molar-refractivity contribution >= 4 is 5.91 Å². The Labute approximate surface area is 228 Å². The summed E-state index contributed by atoms with van der Waals surface area (Å²) in [5.41, 5.74) is 2.70. The molecule has 0 radical (unpaired) electrons. The summed E-state index contributed by atoms with van der Waals surface area (Å²) in [6, 6.07) is 8.29. The molecule has 1 amide bonds. The Bertz CT molecular complexity index is 1160. The second-order valence-electron chi connectivity index (χ2n) is 11.1. The maximum atomic E-state index is 13.3. The van der Waals surface area contributed by atoms with Crippen LogP contribution in [0.4, 0.5) is 13.2 Å². The number of rotatable bonds is 6. The summed E-state index contributed by atoms with van der Waals surface area (Å²) in [6.45, 7) is 14.0. The predicted octanol–water partition coefficient (Wildman–Crippen LogP) is 4.99. The Morgan fingerprint density at radius 2 is 1.77 bits per heavy atom. The first kappa shape index (κ1) is 29.1. The zero-order valence-electron chi connectivity index (χ0n) is 23.4. The third-order valence-electron chi connectivity index (χ3n) is 8.62. The van der Waals surface area contributed by atoms with Crippen molar-refractivity contribution < 1.29 is 27.4 Å². The van der Waals surface area contributed by atoms with E-state index in [9.17, 15) is 23.2 Å². The number of hydrogen-bond donors (Lipinski definition) is 0. The summed E-state index contributed by atoms with van der Waals surface area (Å²) >= 11 is 0. The molecule has 4 rings (SSSR count). The molecule has 2 atom stereocenters. The summed E-state index contributed by atoms with van der Waals surface area (Å²) in [5.74, 6) is -0.283. The van der Waals surface area contributed by atoms with Crippen LogP contribution in [0.2, 0.25) is 0 Å². The van der Waals surface area contributed by atoms with Crippen LogP contribution in [0, 0.1) is 19.1 Å². The molecule has 2 aliphatic heterocycles. The molecule has 1 aromatic heterocycles. The molecule has 214 valence electrons. The third-order valence-corrected chi connectivity index (χ3v) is 8.62. The Kier molecular flexibility index (Phi) is 8.47. The number of piperidine rings is 1. The SMILES string of the molecule is CC[C@@H](c1ccc(OC(F)(F)F)cc1)N1CCN(C2(C)CCN(C(=O)c3c(C)cc[n+]([O-])c3C)CC2)C[C@@H]1C. The number of halogens is 3. The van der Waals surface area contributed by atoms with Crippen LogP contribution in [0.15, 0.2) is 36.5 Å². The van der Waals surface area contributed by atoms with Crippen LogP contribution in [0.5, 0.6) is 5.75 Å². The molecular formula is C29H39F3N4O3. The number of likely N-dealkylation sites (tertiary alicyclic amines) is 1. The number of piperazine rings is 1. The van der Waals surface area contributed by atoms with Gasteiger partial charge in [0.15, 0.2) is 6.20 Å². The van der Waals surface area contributed by atoms with Crippen LogP contribution in [0.1, 0.15) is 73.3 Å². The van der Waals surface area contributed by atoms with Crippen LogP contribution >= 0.6 is 0 Å². The predicted molar refractivity (Wildman–Crippen MR) is 142 cm³/mol. The molecule has 0 N–H and O–H groups in total. The van der Waals surface area contributed by atoms with Crippen molar-refractivity contribution in [2.45, 2.75) is 77.9 Å². The van der Waals surface area contributed by atoms with Gasteiger partial charge in [-0.15, -0.1) is 13.2 Å². The van der Waals surface area contributed by atoms with E-state index >= 15 is 0 Å². The number of ether oxygens (including phenoxy) is 1. The topological polar surface area (TPSA) is 63.0 Å². The third kappa shape index (κ3) is 6.32. The van der Waals surface area contributed by atoms with Crippen LogP contribution in [-0.2, 0) is 0 Å². The van der Waals surface area contributed by atoms with Gasteiger partial charge in [-0.25, -0.2) is 0 Å². The van der Waals surface area contributed by atoms with E-state index in [-0.39, 0.29) is 29.3 Å². The van der Waals surface area contributed by atoms with Gasteiger partial charge in [-0.3, -0.25) is 14.6 Å². The molecule has 2 fully saturated rings. The monoisotopic (exact) mass is 548 g/mol. The summed E-state index contributed by atoms with van der Waals surface area (Å²) < 4.78 is 42.4. The highest BCUT2D eigenvalue weighted by Gasteiger charge is 2.41. The van der Waals surface area contributed by atoms with E-state index < -0.39 is 6.36 Å². The van der Waals surface area contributed by atoms with Crippen molar-refractivity contribution in [1.82, 2.24) is 14.7 Å². The Morgan fingerprint density at radius 1 is 1.13 bits per heavy atom. The summed E-state index contributed by atoms with van der Waals surface area (Å²) in [4.78, 5) is 20.1. The van der Waals surface area contributed by atoms with Crippen LogP contribution in [0.25, 0.3) is 0 Å². The van der Waals surface area contributed by atoms with Crippen molar-refractivity contribution in [3.63, 3.8) is 0 Å². The zero-order valence-corrected chi connectivity index (χ0v) is 23.4. The van der Waals surface area contributed by atoms with Gasteiger partial charge in [-0.05, 0) is 63.3 Å². The van der Waals surface area contributed by atoms with E-state index in [1.54, 1.807) is 25.1 Å². The number of hydrogen-bond acceptors (Lipinski definition) is 5. The van der Waals surface area contributed by atoms with Crippen LogP contribution < -0.4 is 9.47 Å². The quantitative estimate of drug-likeness (QED) is 0.376. The van der Waals surface area contributed by atoms with Gasteiger partial charge in [0.1, 0.15) is 11.3 Å². The lowest BCUT2D eigenvalue weighted by molar-refractivity contribution is -0.612. The molecule has 0 saturated carbocycles. The van der Waals surface area contributed by atoms with E-state index in [1.165, 1.54) is 18.3 Å². The Morgan fingerprint density at radius 3 is 2.33 bits per heavy atom. The lowest BCUT2D eigenvalue weighted by Crippen LogP contribution is -2.62.